The Bertz CT molecular complexity index is 1360. The van der Waals surface area contributed by atoms with E-state index in [0.717, 1.165) is 19.4 Å². The quantitative estimate of drug-likeness (QED) is 0.270. The molecule has 0 aromatic heterocycles. The van der Waals surface area contributed by atoms with Gasteiger partial charge in [0.1, 0.15) is 17.9 Å². The lowest BCUT2D eigenvalue weighted by molar-refractivity contribution is -0.122. The van der Waals surface area contributed by atoms with Crippen LogP contribution in [-0.4, -0.2) is 17.8 Å². The van der Waals surface area contributed by atoms with Crippen LogP contribution in [0.25, 0.3) is 6.08 Å². The highest BCUT2D eigenvalue weighted by atomic mass is 79.9. The molecule has 3 aromatic rings. The van der Waals surface area contributed by atoms with Gasteiger partial charge in [-0.3, -0.25) is 14.9 Å². The monoisotopic (exact) mass is 602 g/mol. The van der Waals surface area contributed by atoms with Crippen LogP contribution in [-0.2, 0) is 16.2 Å². The summed E-state index contributed by atoms with van der Waals surface area (Å²) in [4.78, 5) is 39.4. The topological polar surface area (TPSA) is 75.7 Å². The molecule has 0 aliphatic carbocycles. The summed E-state index contributed by atoms with van der Waals surface area (Å²) in [6.07, 6.45) is 1.42. The van der Waals surface area contributed by atoms with Crippen molar-refractivity contribution >= 4 is 73.1 Å². The number of halogens is 3. The maximum absolute atomic E-state index is 13.3. The lowest BCUT2D eigenvalue weighted by Gasteiger charge is -2.27. The molecule has 9 heteroatoms. The predicted molar refractivity (Wildman–Crippen MR) is 138 cm³/mol. The second kappa shape index (κ2) is 10.1. The molecule has 1 aliphatic heterocycles. The number of imide groups is 2. The van der Waals surface area contributed by atoms with Gasteiger partial charge in [0.15, 0.2) is 0 Å². The molecule has 34 heavy (non-hydrogen) atoms. The third-order valence-corrected chi connectivity index (χ3v) is 6.28. The van der Waals surface area contributed by atoms with Crippen molar-refractivity contribution in [3.63, 3.8) is 0 Å². The maximum atomic E-state index is 13.3. The van der Waals surface area contributed by atoms with E-state index in [-0.39, 0.29) is 12.2 Å². The number of nitrogens with one attached hydrogen (secondary N) is 1. The number of urea groups is 1. The highest BCUT2D eigenvalue weighted by molar-refractivity contribution is 9.10. The Labute approximate surface area is 217 Å². The number of anilines is 1. The van der Waals surface area contributed by atoms with E-state index in [4.69, 9.17) is 16.3 Å². The van der Waals surface area contributed by atoms with E-state index in [0.29, 0.717) is 27.6 Å². The van der Waals surface area contributed by atoms with Gasteiger partial charge in [-0.05, 0) is 72.7 Å². The van der Waals surface area contributed by atoms with Gasteiger partial charge in [-0.2, -0.15) is 0 Å². The number of hydrogen-bond acceptors (Lipinski definition) is 4. The van der Waals surface area contributed by atoms with E-state index >= 15 is 0 Å². The van der Waals surface area contributed by atoms with E-state index in [9.17, 15) is 14.4 Å². The zero-order valence-electron chi connectivity index (χ0n) is 17.8. The fourth-order valence-corrected chi connectivity index (χ4v) is 4.52. The SMILES string of the molecule is Cc1cc(Br)ccc1N1C(=O)NC(=O)/C(=C/c2cc(Br)ccc2OCc2cccc(Cl)c2)C1=O. The number of barbiturate groups is 1. The maximum Gasteiger partial charge on any atom is 0.335 e. The molecule has 1 fully saturated rings. The fourth-order valence-electron chi connectivity index (χ4n) is 3.45. The molecule has 3 aromatic carbocycles. The van der Waals surface area contributed by atoms with Gasteiger partial charge in [0.05, 0.1) is 5.69 Å². The molecule has 4 amide bonds. The smallest absolute Gasteiger partial charge is 0.335 e. The van der Waals surface area contributed by atoms with Crippen LogP contribution in [0.1, 0.15) is 16.7 Å². The Morgan fingerprint density at radius 3 is 2.47 bits per heavy atom. The minimum Gasteiger partial charge on any atom is -0.488 e. The normalized spacial score (nSPS) is 15.0. The number of ether oxygens (including phenoxy) is 1. The van der Waals surface area contributed by atoms with Crippen molar-refractivity contribution in [2.45, 2.75) is 13.5 Å². The Morgan fingerprint density at radius 1 is 1.00 bits per heavy atom. The molecule has 172 valence electrons. The van der Waals surface area contributed by atoms with Gasteiger partial charge >= 0.3 is 6.03 Å². The number of hydrogen-bond donors (Lipinski definition) is 1. The van der Waals surface area contributed by atoms with Crippen LogP contribution in [0.15, 0.2) is 75.2 Å². The third kappa shape index (κ3) is 5.24. The summed E-state index contributed by atoms with van der Waals surface area (Å²) < 4.78 is 7.50. The van der Waals surface area contributed by atoms with Crippen molar-refractivity contribution in [2.75, 3.05) is 4.90 Å². The van der Waals surface area contributed by atoms with Crippen molar-refractivity contribution < 1.29 is 19.1 Å². The lowest BCUT2D eigenvalue weighted by Crippen LogP contribution is -2.54. The Morgan fingerprint density at radius 2 is 1.74 bits per heavy atom. The van der Waals surface area contributed by atoms with Gasteiger partial charge in [0, 0.05) is 19.5 Å². The Hall–Kier alpha value is -2.94. The van der Waals surface area contributed by atoms with Gasteiger partial charge in [0.25, 0.3) is 11.8 Å². The molecule has 1 heterocycles. The summed E-state index contributed by atoms with van der Waals surface area (Å²) in [5.41, 5.74) is 2.25. The number of aryl methyl sites for hydroxylation is 1. The number of carbonyl (C=O) groups excluding carboxylic acids is 3. The van der Waals surface area contributed by atoms with E-state index in [2.05, 4.69) is 37.2 Å². The summed E-state index contributed by atoms with van der Waals surface area (Å²) in [5, 5.41) is 2.84. The molecule has 0 unspecified atom stereocenters. The summed E-state index contributed by atoms with van der Waals surface area (Å²) >= 11 is 12.8. The summed E-state index contributed by atoms with van der Waals surface area (Å²) in [6, 6.07) is 16.9. The minimum atomic E-state index is -0.802. The van der Waals surface area contributed by atoms with E-state index in [1.165, 1.54) is 6.08 Å². The van der Waals surface area contributed by atoms with Crippen LogP contribution < -0.4 is 15.0 Å². The number of amides is 4. The van der Waals surface area contributed by atoms with Crippen LogP contribution in [0, 0.1) is 6.92 Å². The standard InChI is InChI=1S/C25H17Br2ClN2O4/c1-14-9-17(26)5-7-21(14)30-24(32)20(23(31)29-25(30)33)12-16-11-18(27)6-8-22(16)34-13-15-3-2-4-19(28)10-15/h2-12H,13H2,1H3,(H,29,31,33)/b20-12-. The second-order valence-electron chi connectivity index (χ2n) is 7.49. The van der Waals surface area contributed by atoms with E-state index in [1.54, 1.807) is 55.5 Å². The van der Waals surface area contributed by atoms with Crippen molar-refractivity contribution in [3.8, 4) is 5.75 Å². The fraction of sp³-hybridized carbons (Fsp3) is 0.0800. The summed E-state index contributed by atoms with van der Waals surface area (Å²) in [7, 11) is 0. The first-order valence-electron chi connectivity index (χ1n) is 10.1. The molecule has 0 bridgehead atoms. The lowest BCUT2D eigenvalue weighted by atomic mass is 10.0. The van der Waals surface area contributed by atoms with Gasteiger partial charge in [0.2, 0.25) is 0 Å². The molecule has 0 spiro atoms. The van der Waals surface area contributed by atoms with Crippen molar-refractivity contribution in [2.24, 2.45) is 0 Å². The first kappa shape index (κ1) is 24.2. The van der Waals surface area contributed by atoms with Crippen molar-refractivity contribution in [3.05, 3.63) is 96.9 Å². The third-order valence-electron chi connectivity index (χ3n) is 5.06. The molecule has 0 atom stereocenters. The van der Waals surface area contributed by atoms with Gasteiger partial charge < -0.3 is 4.74 Å². The Kier molecular flexibility index (Phi) is 7.21. The van der Waals surface area contributed by atoms with Crippen molar-refractivity contribution in [1.29, 1.82) is 0 Å². The van der Waals surface area contributed by atoms with Crippen LogP contribution in [0.2, 0.25) is 5.02 Å². The van der Waals surface area contributed by atoms with Crippen LogP contribution in [0.3, 0.4) is 0 Å². The minimum absolute atomic E-state index is 0.187. The van der Waals surface area contributed by atoms with E-state index < -0.39 is 17.8 Å². The number of carbonyl (C=O) groups is 3. The largest absolute Gasteiger partial charge is 0.488 e. The molecule has 4 rings (SSSR count). The Balaban J connectivity index is 1.69. The number of benzene rings is 3. The highest BCUT2D eigenvalue weighted by Gasteiger charge is 2.37. The predicted octanol–water partition coefficient (Wildman–Crippen LogP) is 6.42. The first-order valence-corrected chi connectivity index (χ1v) is 12.0. The molecule has 0 radical (unpaired) electrons. The zero-order chi connectivity index (χ0) is 24.4. The van der Waals surface area contributed by atoms with E-state index in [1.807, 2.05) is 12.1 Å². The van der Waals surface area contributed by atoms with Gasteiger partial charge in [-0.15, -0.1) is 0 Å². The second-order valence-corrected chi connectivity index (χ2v) is 9.76. The molecular formula is C25H17Br2ClN2O4. The molecule has 6 nitrogen and oxygen atoms in total. The highest BCUT2D eigenvalue weighted by Crippen LogP contribution is 2.30. The number of rotatable bonds is 5. The van der Waals surface area contributed by atoms with Gasteiger partial charge in [-0.25, -0.2) is 9.69 Å². The molecule has 1 saturated heterocycles. The summed E-state index contributed by atoms with van der Waals surface area (Å²) in [6.45, 7) is 2.01. The molecule has 1 N–H and O–H groups in total. The van der Waals surface area contributed by atoms with Crippen LogP contribution in [0.4, 0.5) is 10.5 Å². The van der Waals surface area contributed by atoms with Gasteiger partial charge in [-0.1, -0.05) is 55.6 Å². The average Bonchev–Trinajstić information content (AvgIpc) is 2.77. The first-order chi connectivity index (χ1) is 16.2. The summed E-state index contributed by atoms with van der Waals surface area (Å²) in [5.74, 6) is -1.04. The zero-order valence-corrected chi connectivity index (χ0v) is 21.7. The average molecular weight is 605 g/mol. The number of nitrogens with zero attached hydrogens (tertiary/aromatic N) is 1. The molecular weight excluding hydrogens is 588 g/mol. The molecule has 0 saturated carbocycles. The van der Waals surface area contributed by atoms with Crippen molar-refractivity contribution in [1.82, 2.24) is 5.32 Å². The van der Waals surface area contributed by atoms with Crippen LogP contribution in [0.5, 0.6) is 5.75 Å². The molecule has 1 aliphatic rings. The van der Waals surface area contributed by atoms with Crippen LogP contribution >= 0.6 is 43.5 Å².